The van der Waals surface area contributed by atoms with Crippen molar-refractivity contribution in [2.24, 2.45) is 4.99 Å². The summed E-state index contributed by atoms with van der Waals surface area (Å²) < 4.78 is 25.1. The summed E-state index contributed by atoms with van der Waals surface area (Å²) in [4.78, 5) is 43.0. The number of thiazole rings is 1. The molecule has 13 heteroatoms. The summed E-state index contributed by atoms with van der Waals surface area (Å²) in [5.74, 6) is 0.948. The van der Waals surface area contributed by atoms with Crippen LogP contribution in [0.1, 0.15) is 38.1 Å². The number of non-ortho nitro benzene ring substituents is 1. The Morgan fingerprint density at radius 2 is 1.88 bits per heavy atom. The third-order valence-corrected chi connectivity index (χ3v) is 8.11. The van der Waals surface area contributed by atoms with Crippen molar-refractivity contribution < 1.29 is 28.3 Å². The summed E-state index contributed by atoms with van der Waals surface area (Å²) in [5.41, 5.74) is 1.26. The lowest BCUT2D eigenvalue weighted by atomic mass is 9.95. The topological polar surface area (TPSA) is 135 Å². The van der Waals surface area contributed by atoms with Crippen LogP contribution in [-0.2, 0) is 9.53 Å². The maximum atomic E-state index is 14.0. The van der Waals surface area contributed by atoms with Gasteiger partial charge in [0.15, 0.2) is 4.80 Å². The molecule has 0 spiro atoms. The van der Waals surface area contributed by atoms with Crippen molar-refractivity contribution in [3.63, 3.8) is 0 Å². The molecule has 11 nitrogen and oxygen atoms in total. The maximum Gasteiger partial charge on any atom is 0.338 e. The Morgan fingerprint density at radius 1 is 1.14 bits per heavy atom. The zero-order valence-corrected chi connectivity index (χ0v) is 26.1. The average molecular weight is 669 g/mol. The third kappa shape index (κ3) is 5.77. The van der Waals surface area contributed by atoms with Crippen LogP contribution in [0.15, 0.2) is 78.5 Å². The number of ether oxygens (including phenoxy) is 3. The van der Waals surface area contributed by atoms with Crippen molar-refractivity contribution in [1.82, 2.24) is 4.57 Å². The first-order chi connectivity index (χ1) is 20.5. The molecule has 43 heavy (non-hydrogen) atoms. The van der Waals surface area contributed by atoms with Crippen LogP contribution in [0.5, 0.6) is 11.5 Å². The Balaban J connectivity index is 1.65. The highest BCUT2D eigenvalue weighted by Gasteiger charge is 2.35. The first-order valence-electron chi connectivity index (χ1n) is 13.0. The number of furan rings is 1. The number of fused-ring (bicyclic) bond motifs is 1. The first kappa shape index (κ1) is 30.0. The second-order valence-corrected chi connectivity index (χ2v) is 11.7. The van der Waals surface area contributed by atoms with E-state index in [4.69, 9.17) is 18.6 Å². The van der Waals surface area contributed by atoms with E-state index < -0.39 is 16.9 Å². The molecule has 3 heterocycles. The van der Waals surface area contributed by atoms with Gasteiger partial charge < -0.3 is 18.6 Å². The number of esters is 1. The van der Waals surface area contributed by atoms with Gasteiger partial charge in [-0.15, -0.1) is 0 Å². The third-order valence-electron chi connectivity index (χ3n) is 6.63. The number of carbonyl (C=O) groups excluding carboxylic acids is 1. The molecule has 1 aliphatic rings. The van der Waals surface area contributed by atoms with Gasteiger partial charge in [0, 0.05) is 22.2 Å². The normalized spacial score (nSPS) is 14.9. The van der Waals surface area contributed by atoms with Crippen LogP contribution >= 0.6 is 27.3 Å². The highest BCUT2D eigenvalue weighted by atomic mass is 79.9. The quantitative estimate of drug-likeness (QED) is 0.143. The van der Waals surface area contributed by atoms with Crippen molar-refractivity contribution >= 4 is 45.0 Å². The van der Waals surface area contributed by atoms with Crippen LogP contribution < -0.4 is 24.4 Å². The smallest absolute Gasteiger partial charge is 0.338 e. The molecule has 0 saturated heterocycles. The van der Waals surface area contributed by atoms with E-state index in [-0.39, 0.29) is 28.7 Å². The van der Waals surface area contributed by atoms with E-state index in [0.29, 0.717) is 43.4 Å². The molecule has 2 aromatic carbocycles. The predicted molar refractivity (Wildman–Crippen MR) is 163 cm³/mol. The minimum absolute atomic E-state index is 0.114. The van der Waals surface area contributed by atoms with Crippen molar-refractivity contribution in [1.29, 1.82) is 0 Å². The Hall–Kier alpha value is -4.49. The van der Waals surface area contributed by atoms with Crippen molar-refractivity contribution in [3.8, 4) is 22.8 Å². The molecule has 0 N–H and O–H groups in total. The summed E-state index contributed by atoms with van der Waals surface area (Å²) in [6, 6.07) is 12.1. The Bertz CT molecular complexity index is 1970. The predicted octanol–water partition coefficient (Wildman–Crippen LogP) is 5.13. The van der Waals surface area contributed by atoms with E-state index >= 15 is 0 Å². The van der Waals surface area contributed by atoms with Gasteiger partial charge in [-0.25, -0.2) is 9.79 Å². The van der Waals surface area contributed by atoms with Gasteiger partial charge in [0.05, 0.1) is 52.7 Å². The van der Waals surface area contributed by atoms with Gasteiger partial charge in [0.2, 0.25) is 0 Å². The van der Waals surface area contributed by atoms with Crippen LogP contribution in [0, 0.1) is 10.1 Å². The lowest BCUT2D eigenvalue weighted by Gasteiger charge is -2.26. The maximum absolute atomic E-state index is 14.0. The van der Waals surface area contributed by atoms with Crippen LogP contribution in [0.25, 0.3) is 17.4 Å². The molecular weight excluding hydrogens is 642 g/mol. The van der Waals surface area contributed by atoms with E-state index in [1.807, 2.05) is 6.07 Å². The lowest BCUT2D eigenvalue weighted by Crippen LogP contribution is -2.40. The summed E-state index contributed by atoms with van der Waals surface area (Å²) in [6.07, 6.45) is 1.20. The molecule has 0 saturated carbocycles. The Labute approximate surface area is 257 Å². The lowest BCUT2D eigenvalue weighted by molar-refractivity contribution is -0.384. The molecule has 0 aliphatic carbocycles. The molecular formula is C30H26BrN3O8S. The number of nitro benzene ring substituents is 1. The number of rotatable bonds is 8. The largest absolute Gasteiger partial charge is 0.496 e. The number of nitrogens with zero attached hydrogens (tertiary/aromatic N) is 3. The number of carbonyl (C=O) groups is 1. The molecule has 5 rings (SSSR count). The molecule has 0 bridgehead atoms. The Kier molecular flexibility index (Phi) is 8.38. The van der Waals surface area contributed by atoms with Gasteiger partial charge in [0.1, 0.15) is 29.1 Å². The second-order valence-electron chi connectivity index (χ2n) is 9.77. The van der Waals surface area contributed by atoms with Crippen LogP contribution in [0.2, 0.25) is 0 Å². The van der Waals surface area contributed by atoms with Gasteiger partial charge in [-0.1, -0.05) is 27.3 Å². The Morgan fingerprint density at radius 3 is 2.56 bits per heavy atom. The molecule has 0 amide bonds. The zero-order chi connectivity index (χ0) is 31.0. The number of hydrogen-bond donors (Lipinski definition) is 0. The monoisotopic (exact) mass is 667 g/mol. The van der Waals surface area contributed by atoms with Crippen molar-refractivity contribution in [2.45, 2.75) is 32.9 Å². The van der Waals surface area contributed by atoms with E-state index in [0.717, 1.165) is 15.8 Å². The SMILES string of the molecule is COc1cc([N+](=O)[O-])ccc1-c1ccc(/C=c2\sc3n(c2=O)[C@H](c2cc(Br)ccc2OC)C(C(=O)OC(C)C)=C(C)N=3)o1. The number of benzene rings is 2. The molecule has 222 valence electrons. The molecule has 2 aromatic heterocycles. The van der Waals surface area contributed by atoms with Crippen molar-refractivity contribution in [2.75, 3.05) is 14.2 Å². The first-order valence-corrected chi connectivity index (χ1v) is 14.6. The summed E-state index contributed by atoms with van der Waals surface area (Å²) in [5, 5.41) is 11.2. The van der Waals surface area contributed by atoms with E-state index in [1.54, 1.807) is 57.2 Å². The minimum Gasteiger partial charge on any atom is -0.496 e. The van der Waals surface area contributed by atoms with Gasteiger partial charge in [-0.3, -0.25) is 19.5 Å². The molecule has 4 aromatic rings. The fraction of sp³-hybridized carbons (Fsp3) is 0.233. The fourth-order valence-electron chi connectivity index (χ4n) is 4.77. The van der Waals surface area contributed by atoms with Gasteiger partial charge in [0.25, 0.3) is 11.2 Å². The summed E-state index contributed by atoms with van der Waals surface area (Å²) in [6.45, 7) is 5.21. The zero-order valence-electron chi connectivity index (χ0n) is 23.7. The molecule has 0 radical (unpaired) electrons. The van der Waals surface area contributed by atoms with Gasteiger partial charge >= 0.3 is 5.97 Å². The molecule has 1 atom stereocenters. The molecule has 0 unspecified atom stereocenters. The summed E-state index contributed by atoms with van der Waals surface area (Å²) in [7, 11) is 2.94. The molecule has 0 fully saturated rings. The van der Waals surface area contributed by atoms with Crippen LogP contribution in [-0.4, -0.2) is 35.8 Å². The minimum atomic E-state index is -0.867. The number of allylic oxidation sites excluding steroid dienone is 1. The number of hydrogen-bond acceptors (Lipinski definition) is 10. The molecule has 1 aliphatic heterocycles. The van der Waals surface area contributed by atoms with Crippen LogP contribution in [0.3, 0.4) is 0 Å². The highest BCUT2D eigenvalue weighted by molar-refractivity contribution is 9.10. The number of aromatic nitrogens is 1. The number of nitro groups is 1. The van der Waals surface area contributed by atoms with E-state index in [1.165, 1.54) is 30.9 Å². The fourth-order valence-corrected chi connectivity index (χ4v) is 6.18. The van der Waals surface area contributed by atoms with E-state index in [9.17, 15) is 19.7 Å². The standard InChI is InChI=1S/C30H26BrN3O8S/c1-15(2)41-29(36)26-16(3)32-30-33(27(26)21-12-17(31)6-10-22(21)39-4)28(35)25(43-30)14-19-8-11-23(42-19)20-9-7-18(34(37)38)13-24(20)40-5/h6-15,27H,1-5H3/b25-14-/t27-/m1/s1. The number of halogens is 1. The van der Waals surface area contributed by atoms with Crippen LogP contribution in [0.4, 0.5) is 5.69 Å². The highest BCUT2D eigenvalue weighted by Crippen LogP contribution is 2.38. The van der Waals surface area contributed by atoms with Crippen molar-refractivity contribution in [3.05, 3.63) is 105 Å². The average Bonchev–Trinajstić information content (AvgIpc) is 3.55. The van der Waals surface area contributed by atoms with Gasteiger partial charge in [-0.2, -0.15) is 0 Å². The summed E-state index contributed by atoms with van der Waals surface area (Å²) >= 11 is 4.65. The number of methoxy groups -OCH3 is 2. The van der Waals surface area contributed by atoms with E-state index in [2.05, 4.69) is 20.9 Å². The second kappa shape index (κ2) is 12.0. The van der Waals surface area contributed by atoms with Gasteiger partial charge in [-0.05, 0) is 57.2 Å².